The smallest absolute Gasteiger partial charge is 0.257 e. The Morgan fingerprint density at radius 3 is 2.74 bits per heavy atom. The topological polar surface area (TPSA) is 66.5 Å². The molecule has 2 aromatic carbocycles. The predicted octanol–water partition coefficient (Wildman–Crippen LogP) is 4.69. The monoisotopic (exact) mass is 459 g/mol. The third-order valence-corrected chi connectivity index (χ3v) is 6.91. The molecule has 1 N–H and O–H groups in total. The Hall–Kier alpha value is -3.57. The molecule has 0 saturated heterocycles. The molecule has 4 aromatic rings. The van der Waals surface area contributed by atoms with Crippen molar-refractivity contribution >= 4 is 28.2 Å². The molecule has 0 amide bonds. The van der Waals surface area contributed by atoms with Crippen LogP contribution < -0.4 is 4.90 Å². The Labute approximate surface area is 195 Å². The van der Waals surface area contributed by atoms with Crippen LogP contribution in [0.1, 0.15) is 49.7 Å². The van der Waals surface area contributed by atoms with Gasteiger partial charge in [0.25, 0.3) is 5.78 Å². The number of benzene rings is 2. The summed E-state index contributed by atoms with van der Waals surface area (Å²) >= 11 is 0. The molecule has 6 nitrogen and oxygen atoms in total. The van der Waals surface area contributed by atoms with Gasteiger partial charge in [0.1, 0.15) is 17.7 Å². The van der Waals surface area contributed by atoms with Gasteiger partial charge in [-0.3, -0.25) is 4.40 Å². The summed E-state index contributed by atoms with van der Waals surface area (Å²) in [5.41, 5.74) is 2.24. The number of anilines is 2. The molecule has 172 valence electrons. The lowest BCUT2D eigenvalue weighted by Crippen LogP contribution is -2.29. The van der Waals surface area contributed by atoms with Crippen LogP contribution in [0, 0.1) is 23.5 Å². The van der Waals surface area contributed by atoms with Gasteiger partial charge in [-0.25, -0.2) is 8.78 Å². The summed E-state index contributed by atoms with van der Waals surface area (Å²) in [6.07, 6.45) is 7.54. The molecular weight excluding hydrogens is 436 g/mol. The molecular formula is C26H23F2N5O. The quantitative estimate of drug-likeness (QED) is 0.419. The maximum Gasteiger partial charge on any atom is 0.257 e. The standard InChI is InChI=1S/C26H23F2N5O/c27-19-9-10-21-22(23(19)28)24(30-25-31-29-16-33(21)25)32-15-5-7-18-17(6-4-8-20(18)32)11-14-26(34)12-2-1-3-13-26/h4,6,8-10,16,34H,1-3,5,7,12-13,15H2. The van der Waals surface area contributed by atoms with E-state index in [2.05, 4.69) is 27.0 Å². The van der Waals surface area contributed by atoms with E-state index in [1.165, 1.54) is 12.4 Å². The molecule has 3 heterocycles. The lowest BCUT2D eigenvalue weighted by atomic mass is 9.85. The fourth-order valence-corrected chi connectivity index (χ4v) is 5.18. The number of aliphatic hydroxyl groups is 1. The number of halogens is 2. The maximum absolute atomic E-state index is 15.1. The molecule has 2 aromatic heterocycles. The first-order valence-electron chi connectivity index (χ1n) is 11.7. The molecule has 0 unspecified atom stereocenters. The second-order valence-electron chi connectivity index (χ2n) is 9.09. The summed E-state index contributed by atoms with van der Waals surface area (Å²) in [6, 6.07) is 8.44. The van der Waals surface area contributed by atoms with Gasteiger partial charge >= 0.3 is 0 Å². The van der Waals surface area contributed by atoms with Crippen LogP contribution in [0.2, 0.25) is 0 Å². The minimum Gasteiger partial charge on any atom is -0.378 e. The predicted molar refractivity (Wildman–Crippen MR) is 125 cm³/mol. The average Bonchev–Trinajstić information content (AvgIpc) is 3.33. The molecule has 1 saturated carbocycles. The van der Waals surface area contributed by atoms with Gasteiger partial charge in [-0.2, -0.15) is 4.98 Å². The van der Waals surface area contributed by atoms with Crippen LogP contribution in [0.5, 0.6) is 0 Å². The van der Waals surface area contributed by atoms with Crippen LogP contribution in [0.4, 0.5) is 20.3 Å². The highest BCUT2D eigenvalue weighted by Crippen LogP contribution is 2.39. The van der Waals surface area contributed by atoms with Gasteiger partial charge < -0.3 is 10.0 Å². The zero-order chi connectivity index (χ0) is 23.3. The van der Waals surface area contributed by atoms with Gasteiger partial charge in [0.05, 0.1) is 10.9 Å². The molecule has 1 aliphatic carbocycles. The van der Waals surface area contributed by atoms with Crippen LogP contribution in [-0.4, -0.2) is 36.8 Å². The van der Waals surface area contributed by atoms with Crippen molar-refractivity contribution in [3.8, 4) is 11.8 Å². The Balaban J connectivity index is 1.51. The SMILES string of the molecule is OC1(C#Cc2cccc3c2CCCN3c2nc3nncn3c3ccc(F)c(F)c23)CCCCC1. The Morgan fingerprint density at radius 2 is 1.88 bits per heavy atom. The van der Waals surface area contributed by atoms with Crippen molar-refractivity contribution in [2.75, 3.05) is 11.4 Å². The van der Waals surface area contributed by atoms with Crippen molar-refractivity contribution in [1.82, 2.24) is 19.6 Å². The van der Waals surface area contributed by atoms with Crippen molar-refractivity contribution < 1.29 is 13.9 Å². The third-order valence-electron chi connectivity index (χ3n) is 6.91. The van der Waals surface area contributed by atoms with Gasteiger partial charge in [0.2, 0.25) is 0 Å². The normalized spacial score (nSPS) is 17.4. The zero-order valence-electron chi connectivity index (χ0n) is 18.6. The van der Waals surface area contributed by atoms with E-state index < -0.39 is 17.2 Å². The second kappa shape index (κ2) is 8.03. The number of rotatable bonds is 1. The minimum absolute atomic E-state index is 0.0909. The van der Waals surface area contributed by atoms with E-state index in [1.807, 2.05) is 23.1 Å². The zero-order valence-corrected chi connectivity index (χ0v) is 18.6. The van der Waals surface area contributed by atoms with Crippen molar-refractivity contribution in [3.05, 3.63) is 59.4 Å². The molecule has 2 aliphatic rings. The number of hydrogen-bond donors (Lipinski definition) is 1. The van der Waals surface area contributed by atoms with Crippen LogP contribution in [0.15, 0.2) is 36.7 Å². The summed E-state index contributed by atoms with van der Waals surface area (Å²) in [5.74, 6) is 5.11. The van der Waals surface area contributed by atoms with Crippen LogP contribution >= 0.6 is 0 Å². The van der Waals surface area contributed by atoms with Gasteiger partial charge in [-0.15, -0.1) is 10.2 Å². The maximum atomic E-state index is 15.1. The van der Waals surface area contributed by atoms with Crippen LogP contribution in [0.25, 0.3) is 16.7 Å². The molecule has 6 rings (SSSR count). The fraction of sp³-hybridized carbons (Fsp3) is 0.346. The Kier molecular flexibility index (Phi) is 4.96. The Morgan fingerprint density at radius 1 is 1.03 bits per heavy atom. The fourth-order valence-electron chi connectivity index (χ4n) is 5.18. The number of nitrogens with zero attached hydrogens (tertiary/aromatic N) is 5. The highest BCUT2D eigenvalue weighted by atomic mass is 19.2. The third kappa shape index (κ3) is 3.39. The molecule has 0 spiro atoms. The number of aromatic nitrogens is 4. The van der Waals surface area contributed by atoms with Crippen molar-refractivity contribution in [3.63, 3.8) is 0 Å². The molecule has 0 bridgehead atoms. The number of hydrogen-bond acceptors (Lipinski definition) is 5. The summed E-state index contributed by atoms with van der Waals surface area (Å²) in [7, 11) is 0. The van der Waals surface area contributed by atoms with Gasteiger partial charge in [0.15, 0.2) is 11.6 Å². The van der Waals surface area contributed by atoms with Crippen molar-refractivity contribution in [1.29, 1.82) is 0 Å². The minimum atomic E-state index is -0.946. The van der Waals surface area contributed by atoms with E-state index in [0.717, 1.165) is 55.0 Å². The molecule has 8 heteroatoms. The molecule has 1 fully saturated rings. The van der Waals surface area contributed by atoms with Gasteiger partial charge in [0, 0.05) is 17.8 Å². The van der Waals surface area contributed by atoms with E-state index in [1.54, 1.807) is 4.40 Å². The first-order chi connectivity index (χ1) is 16.5. The molecule has 1 aliphatic heterocycles. The Bertz CT molecular complexity index is 1480. The molecule has 34 heavy (non-hydrogen) atoms. The summed E-state index contributed by atoms with van der Waals surface area (Å²) in [6.45, 7) is 0.593. The van der Waals surface area contributed by atoms with Crippen molar-refractivity contribution in [2.24, 2.45) is 0 Å². The lowest BCUT2D eigenvalue weighted by molar-refractivity contribution is 0.0610. The van der Waals surface area contributed by atoms with Gasteiger partial charge in [-0.1, -0.05) is 24.3 Å². The largest absolute Gasteiger partial charge is 0.378 e. The van der Waals surface area contributed by atoms with Crippen molar-refractivity contribution in [2.45, 2.75) is 50.5 Å². The first-order valence-corrected chi connectivity index (χ1v) is 11.7. The molecule has 0 radical (unpaired) electrons. The van der Waals surface area contributed by atoms with E-state index in [9.17, 15) is 9.50 Å². The highest BCUT2D eigenvalue weighted by Gasteiger charge is 2.28. The van der Waals surface area contributed by atoms with Crippen LogP contribution in [0.3, 0.4) is 0 Å². The van der Waals surface area contributed by atoms with E-state index in [4.69, 9.17) is 0 Å². The van der Waals surface area contributed by atoms with Gasteiger partial charge in [-0.05, 0) is 68.4 Å². The van der Waals surface area contributed by atoms with Crippen LogP contribution in [-0.2, 0) is 6.42 Å². The average molecular weight is 460 g/mol. The number of fused-ring (bicyclic) bond motifs is 4. The first kappa shape index (κ1) is 21.0. The molecule has 0 atom stereocenters. The lowest BCUT2D eigenvalue weighted by Gasteiger charge is -2.32. The summed E-state index contributed by atoms with van der Waals surface area (Å²) in [4.78, 5) is 6.50. The van der Waals surface area contributed by atoms with E-state index in [-0.39, 0.29) is 5.39 Å². The highest BCUT2D eigenvalue weighted by molar-refractivity contribution is 5.94. The summed E-state index contributed by atoms with van der Waals surface area (Å²) < 4.78 is 31.0. The summed E-state index contributed by atoms with van der Waals surface area (Å²) in [5, 5.41) is 18.9. The second-order valence-corrected chi connectivity index (χ2v) is 9.09. The van der Waals surface area contributed by atoms with E-state index >= 15 is 4.39 Å². The van der Waals surface area contributed by atoms with E-state index in [0.29, 0.717) is 36.5 Å².